The minimum atomic E-state index is -1.40. The zero-order chi connectivity index (χ0) is 27.1. The lowest BCUT2D eigenvalue weighted by Gasteiger charge is -2.64. The number of aliphatic hydroxyl groups is 1. The van der Waals surface area contributed by atoms with Gasteiger partial charge in [-0.2, -0.15) is 0 Å². The van der Waals surface area contributed by atoms with Gasteiger partial charge in [-0.25, -0.2) is 4.39 Å². The second-order valence-corrected chi connectivity index (χ2v) is 14.6. The molecule has 208 valence electrons. The van der Waals surface area contributed by atoms with Crippen molar-refractivity contribution in [2.75, 3.05) is 0 Å². The molecule has 0 aromatic carbocycles. The maximum Gasteiger partial charge on any atom is 0.457 e. The molecule has 7 nitrogen and oxygen atoms in total. The van der Waals surface area contributed by atoms with Crippen molar-refractivity contribution in [2.45, 2.75) is 128 Å². The van der Waals surface area contributed by atoms with Crippen molar-refractivity contribution in [2.24, 2.45) is 35.0 Å². The molecule has 10 atom stereocenters. The summed E-state index contributed by atoms with van der Waals surface area (Å²) in [6.07, 6.45) is 2.48. The molecule has 37 heavy (non-hydrogen) atoms. The minimum absolute atomic E-state index is 0.112. The molecular formula is C28H46BFN2O5. The van der Waals surface area contributed by atoms with Crippen molar-refractivity contribution in [1.82, 2.24) is 10.6 Å². The Labute approximate surface area is 221 Å². The molecule has 0 spiro atoms. The van der Waals surface area contributed by atoms with Crippen LogP contribution in [0.3, 0.4) is 0 Å². The van der Waals surface area contributed by atoms with E-state index in [0.717, 1.165) is 6.42 Å². The summed E-state index contributed by atoms with van der Waals surface area (Å²) in [4.78, 5) is 26.1. The first-order chi connectivity index (χ1) is 17.1. The van der Waals surface area contributed by atoms with Crippen LogP contribution in [0.4, 0.5) is 4.39 Å². The average molecular weight is 520 g/mol. The third-order valence-electron chi connectivity index (χ3n) is 10.8. The van der Waals surface area contributed by atoms with Gasteiger partial charge >= 0.3 is 7.12 Å². The predicted molar refractivity (Wildman–Crippen MR) is 139 cm³/mol. The summed E-state index contributed by atoms with van der Waals surface area (Å²) in [5.74, 6) is -0.417. The molecule has 6 fully saturated rings. The molecule has 2 bridgehead atoms. The van der Waals surface area contributed by atoms with Gasteiger partial charge in [0.1, 0.15) is 11.7 Å². The Morgan fingerprint density at radius 3 is 2.49 bits per heavy atom. The van der Waals surface area contributed by atoms with Gasteiger partial charge in [-0.3, -0.25) is 9.59 Å². The molecule has 5 aliphatic carbocycles. The largest absolute Gasteiger partial charge is 0.457 e. The fourth-order valence-corrected chi connectivity index (χ4v) is 9.02. The molecule has 0 aromatic rings. The lowest BCUT2D eigenvalue weighted by molar-refractivity contribution is -0.199. The summed E-state index contributed by atoms with van der Waals surface area (Å²) in [5, 5.41) is 16.3. The highest BCUT2D eigenvalue weighted by Gasteiger charge is 2.68. The summed E-state index contributed by atoms with van der Waals surface area (Å²) in [6.45, 7) is 14.0. The molecular weight excluding hydrogens is 474 g/mol. The SMILES string of the molecule is CC(=O)N[C@@]1(C(=O)NC(C)(C)C)C[C@H]2C[C@@H](O)[C@H](F)[C@H]2[C@@H]1CCCB1O[C@@H]2C[C@@H]3C[C@@H](C3(C)C)[C@]2(C)O1. The maximum atomic E-state index is 15.4. The summed E-state index contributed by atoms with van der Waals surface area (Å²) < 4.78 is 28.3. The number of fused-ring (bicyclic) bond motifs is 1. The second-order valence-electron chi connectivity index (χ2n) is 14.6. The molecule has 6 rings (SSSR count). The molecule has 6 aliphatic rings. The van der Waals surface area contributed by atoms with E-state index in [9.17, 15) is 14.7 Å². The molecule has 5 saturated carbocycles. The van der Waals surface area contributed by atoms with Gasteiger partial charge in [-0.05, 0) is 95.2 Å². The van der Waals surface area contributed by atoms with Crippen LogP contribution in [-0.2, 0) is 18.9 Å². The number of aliphatic hydroxyl groups excluding tert-OH is 1. The fourth-order valence-electron chi connectivity index (χ4n) is 9.02. The van der Waals surface area contributed by atoms with E-state index in [1.807, 2.05) is 20.8 Å². The van der Waals surface area contributed by atoms with E-state index in [-0.39, 0.29) is 42.0 Å². The number of halogens is 1. The van der Waals surface area contributed by atoms with Crippen LogP contribution < -0.4 is 10.6 Å². The lowest BCUT2D eigenvalue weighted by Crippen LogP contribution is -2.65. The predicted octanol–water partition coefficient (Wildman–Crippen LogP) is 3.64. The lowest BCUT2D eigenvalue weighted by atomic mass is 9.43. The van der Waals surface area contributed by atoms with E-state index < -0.39 is 35.2 Å². The summed E-state index contributed by atoms with van der Waals surface area (Å²) in [6, 6.07) is 0. The number of hydrogen-bond donors (Lipinski definition) is 3. The van der Waals surface area contributed by atoms with Crippen LogP contribution in [0.1, 0.15) is 87.0 Å². The smallest absolute Gasteiger partial charge is 0.405 e. The first-order valence-electron chi connectivity index (χ1n) is 14.4. The van der Waals surface area contributed by atoms with Crippen LogP contribution in [0.2, 0.25) is 6.32 Å². The van der Waals surface area contributed by atoms with Crippen molar-refractivity contribution in [3.63, 3.8) is 0 Å². The van der Waals surface area contributed by atoms with E-state index in [1.165, 1.54) is 13.3 Å². The van der Waals surface area contributed by atoms with Gasteiger partial charge in [0.25, 0.3) is 0 Å². The number of amides is 2. The molecule has 0 unspecified atom stereocenters. The van der Waals surface area contributed by atoms with E-state index in [1.54, 1.807) is 0 Å². The Morgan fingerprint density at radius 2 is 1.86 bits per heavy atom. The van der Waals surface area contributed by atoms with Gasteiger partial charge < -0.3 is 25.0 Å². The molecule has 1 saturated heterocycles. The summed E-state index contributed by atoms with van der Waals surface area (Å²) in [7, 11) is -0.309. The van der Waals surface area contributed by atoms with E-state index >= 15 is 4.39 Å². The molecule has 1 aliphatic heterocycles. The highest BCUT2D eigenvalue weighted by Crippen LogP contribution is 2.66. The maximum absolute atomic E-state index is 15.4. The van der Waals surface area contributed by atoms with Crippen molar-refractivity contribution in [3.8, 4) is 0 Å². The van der Waals surface area contributed by atoms with Crippen molar-refractivity contribution < 1.29 is 28.4 Å². The summed E-state index contributed by atoms with van der Waals surface area (Å²) in [5.41, 5.74) is -1.68. The second kappa shape index (κ2) is 8.92. The quantitative estimate of drug-likeness (QED) is 0.465. The average Bonchev–Trinajstić information content (AvgIpc) is 3.34. The van der Waals surface area contributed by atoms with Crippen molar-refractivity contribution >= 4 is 18.9 Å². The normalized spacial score (nSPS) is 45.7. The Bertz CT molecular complexity index is 942. The van der Waals surface area contributed by atoms with Gasteiger partial charge in [0, 0.05) is 18.4 Å². The number of alkyl halides is 1. The Balaban J connectivity index is 1.32. The van der Waals surface area contributed by atoms with Crippen molar-refractivity contribution in [3.05, 3.63) is 0 Å². The number of rotatable bonds is 6. The van der Waals surface area contributed by atoms with Gasteiger partial charge in [-0.1, -0.05) is 20.3 Å². The number of carbonyl (C=O) groups is 2. The third-order valence-corrected chi connectivity index (χ3v) is 10.8. The minimum Gasteiger partial charge on any atom is -0.405 e. The van der Waals surface area contributed by atoms with Crippen LogP contribution in [-0.4, -0.2) is 59.1 Å². The first-order valence-corrected chi connectivity index (χ1v) is 14.4. The topological polar surface area (TPSA) is 96.9 Å². The van der Waals surface area contributed by atoms with Gasteiger partial charge in [0.15, 0.2) is 0 Å². The Kier molecular flexibility index (Phi) is 6.60. The fraction of sp³-hybridized carbons (Fsp3) is 0.929. The zero-order valence-corrected chi connectivity index (χ0v) is 23.6. The molecule has 9 heteroatoms. The number of nitrogens with one attached hydrogen (secondary N) is 2. The highest BCUT2D eigenvalue weighted by molar-refractivity contribution is 6.45. The van der Waals surface area contributed by atoms with E-state index in [4.69, 9.17) is 9.31 Å². The molecule has 0 aromatic heterocycles. The van der Waals surface area contributed by atoms with Crippen LogP contribution >= 0.6 is 0 Å². The van der Waals surface area contributed by atoms with E-state index in [0.29, 0.717) is 43.8 Å². The summed E-state index contributed by atoms with van der Waals surface area (Å²) >= 11 is 0. The molecule has 0 radical (unpaired) electrons. The standard InChI is InChI=1S/C28H46BFN2O5/c1-15(33)31-28(24(35)32-25(2,3)4)14-16-11-19(34)23(30)22(16)18(28)9-8-10-29-36-21-13-17-12-20(26(17,5)6)27(21,7)37-29/h16-23,34H,8-14H2,1-7H3,(H,31,33)(H,32,35)/t16-,17+,18+,19-,20+,21-,22-,23+,27+,28+/m1/s1. The number of carbonyl (C=O) groups excluding carboxylic acids is 2. The van der Waals surface area contributed by atoms with E-state index in [2.05, 4.69) is 31.4 Å². The van der Waals surface area contributed by atoms with Gasteiger partial charge in [0.05, 0.1) is 17.8 Å². The Morgan fingerprint density at radius 1 is 1.16 bits per heavy atom. The highest BCUT2D eigenvalue weighted by atomic mass is 19.1. The third kappa shape index (κ3) is 4.35. The van der Waals surface area contributed by atoms with Crippen LogP contribution in [0, 0.1) is 35.0 Å². The first kappa shape index (κ1) is 27.4. The number of hydrogen-bond acceptors (Lipinski definition) is 5. The van der Waals surface area contributed by atoms with Crippen LogP contribution in [0.5, 0.6) is 0 Å². The zero-order valence-electron chi connectivity index (χ0n) is 23.6. The Hall–Kier alpha value is -1.19. The van der Waals surface area contributed by atoms with Crippen molar-refractivity contribution in [1.29, 1.82) is 0 Å². The molecule has 3 N–H and O–H groups in total. The molecule has 1 heterocycles. The van der Waals surface area contributed by atoms with Gasteiger partial charge in [0.2, 0.25) is 11.8 Å². The van der Waals surface area contributed by atoms with Gasteiger partial charge in [-0.15, -0.1) is 0 Å². The van der Waals surface area contributed by atoms with Crippen LogP contribution in [0.15, 0.2) is 0 Å². The molecule has 2 amide bonds. The monoisotopic (exact) mass is 520 g/mol. The van der Waals surface area contributed by atoms with Crippen LogP contribution in [0.25, 0.3) is 0 Å².